The predicted octanol–water partition coefficient (Wildman–Crippen LogP) is 0.785. The Morgan fingerprint density at radius 1 is 1.53 bits per heavy atom. The maximum Gasteiger partial charge on any atom is 0.188 e. The number of pyridine rings is 1. The number of ether oxygens (including phenoxy) is 1. The topological polar surface area (TPSA) is 84.0 Å². The van der Waals surface area contributed by atoms with Gasteiger partial charge in [-0.15, -0.1) is 0 Å². The van der Waals surface area contributed by atoms with E-state index in [-0.39, 0.29) is 18.0 Å². The number of oxime groups is 1. The van der Waals surface area contributed by atoms with Crippen molar-refractivity contribution in [2.75, 3.05) is 13.1 Å². The van der Waals surface area contributed by atoms with Gasteiger partial charge in [-0.1, -0.05) is 5.16 Å². The van der Waals surface area contributed by atoms with E-state index in [1.165, 1.54) is 0 Å². The molecule has 1 saturated heterocycles. The fourth-order valence-electron chi connectivity index (χ4n) is 2.44. The molecule has 2 heterocycles. The van der Waals surface area contributed by atoms with Crippen LogP contribution in [0.25, 0.3) is 0 Å². The van der Waals surface area contributed by atoms with Crippen LogP contribution in [0.4, 0.5) is 0 Å². The first-order chi connectivity index (χ1) is 9.08. The minimum absolute atomic E-state index is 0.0329. The summed E-state index contributed by atoms with van der Waals surface area (Å²) in [4.78, 5) is 6.41. The number of aromatic nitrogens is 1. The molecular formula is C13H20N4O2. The third-order valence-corrected chi connectivity index (χ3v) is 3.10. The van der Waals surface area contributed by atoms with E-state index < -0.39 is 0 Å². The predicted molar refractivity (Wildman–Crippen MR) is 72.0 cm³/mol. The second-order valence-corrected chi connectivity index (χ2v) is 4.99. The molecule has 1 aromatic rings. The lowest BCUT2D eigenvalue weighted by Crippen LogP contribution is -2.44. The van der Waals surface area contributed by atoms with Crippen LogP contribution in [0.3, 0.4) is 0 Å². The van der Waals surface area contributed by atoms with Crippen LogP contribution < -0.4 is 5.73 Å². The van der Waals surface area contributed by atoms with Crippen LogP contribution in [0.5, 0.6) is 0 Å². The third kappa shape index (κ3) is 3.65. The first kappa shape index (κ1) is 13.8. The number of rotatable bonds is 3. The van der Waals surface area contributed by atoms with E-state index in [2.05, 4.69) is 28.9 Å². The zero-order valence-corrected chi connectivity index (χ0v) is 11.3. The van der Waals surface area contributed by atoms with Crippen LogP contribution in [0.2, 0.25) is 0 Å². The van der Waals surface area contributed by atoms with Gasteiger partial charge in [0.1, 0.15) is 5.69 Å². The average molecular weight is 264 g/mol. The van der Waals surface area contributed by atoms with E-state index in [1.54, 1.807) is 6.20 Å². The molecule has 1 fully saturated rings. The van der Waals surface area contributed by atoms with Gasteiger partial charge in [-0.3, -0.25) is 9.88 Å². The minimum atomic E-state index is 0.0329. The van der Waals surface area contributed by atoms with E-state index in [0.29, 0.717) is 5.69 Å². The van der Waals surface area contributed by atoms with E-state index >= 15 is 0 Å². The quantitative estimate of drug-likeness (QED) is 0.365. The highest BCUT2D eigenvalue weighted by Gasteiger charge is 2.22. The summed E-state index contributed by atoms with van der Waals surface area (Å²) in [5.74, 6) is 0.0329. The summed E-state index contributed by atoms with van der Waals surface area (Å²) in [7, 11) is 0. The highest BCUT2D eigenvalue weighted by Crippen LogP contribution is 2.14. The van der Waals surface area contributed by atoms with Crippen molar-refractivity contribution >= 4 is 5.84 Å². The van der Waals surface area contributed by atoms with Gasteiger partial charge in [-0.05, 0) is 31.5 Å². The van der Waals surface area contributed by atoms with E-state index in [1.807, 2.05) is 12.1 Å². The molecule has 104 valence electrons. The largest absolute Gasteiger partial charge is 0.409 e. The van der Waals surface area contributed by atoms with Crippen molar-refractivity contribution in [3.63, 3.8) is 0 Å². The van der Waals surface area contributed by atoms with Crippen molar-refractivity contribution in [2.24, 2.45) is 10.9 Å². The molecule has 2 unspecified atom stereocenters. The molecule has 2 atom stereocenters. The lowest BCUT2D eigenvalue weighted by Gasteiger charge is -2.35. The van der Waals surface area contributed by atoms with Crippen LogP contribution >= 0.6 is 0 Å². The molecule has 1 aromatic heterocycles. The van der Waals surface area contributed by atoms with Crippen molar-refractivity contribution in [1.29, 1.82) is 0 Å². The van der Waals surface area contributed by atoms with Crippen molar-refractivity contribution in [1.82, 2.24) is 9.88 Å². The number of amidine groups is 1. The Bertz CT molecular complexity index is 454. The lowest BCUT2D eigenvalue weighted by molar-refractivity contribution is -0.0704. The Labute approximate surface area is 112 Å². The normalized spacial score (nSPS) is 25.5. The molecule has 0 aromatic carbocycles. The summed E-state index contributed by atoms with van der Waals surface area (Å²) in [5, 5.41) is 11.6. The molecule has 0 bridgehead atoms. The number of hydrogen-bond donors (Lipinski definition) is 2. The summed E-state index contributed by atoms with van der Waals surface area (Å²) >= 11 is 0. The van der Waals surface area contributed by atoms with Gasteiger partial charge in [0, 0.05) is 25.8 Å². The Morgan fingerprint density at radius 3 is 2.84 bits per heavy atom. The van der Waals surface area contributed by atoms with Crippen LogP contribution in [-0.2, 0) is 11.3 Å². The van der Waals surface area contributed by atoms with Crippen LogP contribution in [0, 0.1) is 0 Å². The van der Waals surface area contributed by atoms with Gasteiger partial charge in [0.05, 0.1) is 12.2 Å². The van der Waals surface area contributed by atoms with Gasteiger partial charge in [0.2, 0.25) is 0 Å². The maximum atomic E-state index is 8.67. The number of nitrogens with two attached hydrogens (primary N) is 1. The van der Waals surface area contributed by atoms with Crippen molar-refractivity contribution < 1.29 is 9.94 Å². The van der Waals surface area contributed by atoms with Gasteiger partial charge in [0.25, 0.3) is 0 Å². The van der Waals surface area contributed by atoms with Gasteiger partial charge < -0.3 is 15.7 Å². The number of hydrogen-bond acceptors (Lipinski definition) is 5. The molecule has 0 radical (unpaired) electrons. The zero-order chi connectivity index (χ0) is 13.8. The lowest BCUT2D eigenvalue weighted by atomic mass is 10.1. The molecule has 2 rings (SSSR count). The molecular weight excluding hydrogens is 244 g/mol. The number of morpholine rings is 1. The molecule has 0 spiro atoms. The molecule has 19 heavy (non-hydrogen) atoms. The number of nitrogens with zero attached hydrogens (tertiary/aromatic N) is 3. The molecule has 3 N–H and O–H groups in total. The minimum Gasteiger partial charge on any atom is -0.409 e. The third-order valence-electron chi connectivity index (χ3n) is 3.10. The van der Waals surface area contributed by atoms with E-state index in [0.717, 1.165) is 25.2 Å². The maximum absolute atomic E-state index is 8.67. The molecule has 6 nitrogen and oxygen atoms in total. The Balaban J connectivity index is 2.06. The van der Waals surface area contributed by atoms with Crippen molar-refractivity contribution in [3.05, 3.63) is 29.6 Å². The molecule has 0 amide bonds. The summed E-state index contributed by atoms with van der Waals surface area (Å²) in [6.45, 7) is 6.79. The van der Waals surface area contributed by atoms with Gasteiger partial charge in [0.15, 0.2) is 5.84 Å². The summed E-state index contributed by atoms with van der Waals surface area (Å²) in [6, 6.07) is 3.79. The fourth-order valence-corrected chi connectivity index (χ4v) is 2.44. The van der Waals surface area contributed by atoms with Gasteiger partial charge in [-0.2, -0.15) is 0 Å². The first-order valence-corrected chi connectivity index (χ1v) is 6.39. The Hall–Kier alpha value is -1.66. The van der Waals surface area contributed by atoms with Gasteiger partial charge in [-0.25, -0.2) is 0 Å². The Morgan fingerprint density at radius 2 is 2.21 bits per heavy atom. The first-order valence-electron chi connectivity index (χ1n) is 6.39. The fraction of sp³-hybridized carbons (Fsp3) is 0.538. The molecule has 6 heteroatoms. The smallest absolute Gasteiger partial charge is 0.188 e. The van der Waals surface area contributed by atoms with E-state index in [4.69, 9.17) is 15.7 Å². The second kappa shape index (κ2) is 5.99. The van der Waals surface area contributed by atoms with Crippen molar-refractivity contribution in [2.45, 2.75) is 32.6 Å². The molecule has 0 aliphatic carbocycles. The second-order valence-electron chi connectivity index (χ2n) is 4.99. The summed E-state index contributed by atoms with van der Waals surface area (Å²) in [6.07, 6.45) is 2.17. The van der Waals surface area contributed by atoms with E-state index in [9.17, 15) is 0 Å². The standard InChI is InChI=1S/C13H20N4O2/c1-9-6-17(7-10(2)19-9)8-11-3-4-15-12(5-11)13(14)16-18/h3-5,9-10,18H,6-8H2,1-2H3,(H2,14,16). The highest BCUT2D eigenvalue weighted by molar-refractivity contribution is 5.95. The highest BCUT2D eigenvalue weighted by atomic mass is 16.5. The summed E-state index contributed by atoms with van der Waals surface area (Å²) < 4.78 is 5.71. The zero-order valence-electron chi connectivity index (χ0n) is 11.3. The SMILES string of the molecule is CC1CN(Cc2ccnc(C(N)=NO)c2)CC(C)O1. The van der Waals surface area contributed by atoms with Crippen molar-refractivity contribution in [3.8, 4) is 0 Å². The van der Waals surface area contributed by atoms with Crippen LogP contribution in [-0.4, -0.2) is 46.2 Å². The average Bonchev–Trinajstić information content (AvgIpc) is 2.37. The molecule has 1 aliphatic heterocycles. The monoisotopic (exact) mass is 264 g/mol. The molecule has 0 saturated carbocycles. The van der Waals surface area contributed by atoms with Crippen LogP contribution in [0.15, 0.2) is 23.5 Å². The summed E-state index contributed by atoms with van der Waals surface area (Å²) in [5.41, 5.74) is 7.13. The van der Waals surface area contributed by atoms with Crippen LogP contribution in [0.1, 0.15) is 25.1 Å². The molecule has 1 aliphatic rings. The van der Waals surface area contributed by atoms with Gasteiger partial charge >= 0.3 is 0 Å². The Kier molecular flexibility index (Phi) is 4.34.